The molecular formula is C20H34N4. The molecule has 1 aliphatic heterocycles. The molecule has 1 aromatic carbocycles. The molecule has 1 N–H and O–H groups in total. The van der Waals surface area contributed by atoms with Crippen LogP contribution >= 0.6 is 0 Å². The van der Waals surface area contributed by atoms with Gasteiger partial charge in [0.2, 0.25) is 0 Å². The van der Waals surface area contributed by atoms with Crippen molar-refractivity contribution in [3.05, 3.63) is 35.9 Å². The minimum absolute atomic E-state index is 0.680. The maximum Gasteiger partial charge on any atom is 0.193 e. The Labute approximate surface area is 147 Å². The molecule has 1 saturated heterocycles. The van der Waals surface area contributed by atoms with Crippen molar-refractivity contribution in [2.75, 3.05) is 47.3 Å². The number of hydrogen-bond acceptors (Lipinski definition) is 2. The van der Waals surface area contributed by atoms with Crippen molar-refractivity contribution in [2.45, 2.75) is 32.1 Å². The smallest absolute Gasteiger partial charge is 0.193 e. The zero-order valence-electron chi connectivity index (χ0n) is 15.8. The molecular weight excluding hydrogens is 296 g/mol. The fourth-order valence-corrected chi connectivity index (χ4v) is 3.71. The van der Waals surface area contributed by atoms with E-state index in [4.69, 9.17) is 0 Å². The fraction of sp³-hybridized carbons (Fsp3) is 0.650. The standard InChI is InChI=1S/C20H34N4/c1-5-17-16-24(20(21-2)22-13-9-14-23(3)4)15-12-19(17)18-10-7-6-8-11-18/h6-8,10-11,17,19H,5,9,12-16H2,1-4H3,(H,21,22). The van der Waals surface area contributed by atoms with E-state index >= 15 is 0 Å². The van der Waals surface area contributed by atoms with Crippen LogP contribution < -0.4 is 5.32 Å². The van der Waals surface area contributed by atoms with Gasteiger partial charge in [0.1, 0.15) is 0 Å². The monoisotopic (exact) mass is 330 g/mol. The Hall–Kier alpha value is -1.55. The first-order chi connectivity index (χ1) is 11.7. The zero-order chi connectivity index (χ0) is 17.4. The van der Waals surface area contributed by atoms with Gasteiger partial charge in [-0.2, -0.15) is 0 Å². The van der Waals surface area contributed by atoms with Gasteiger partial charge in [-0.15, -0.1) is 0 Å². The molecule has 0 bridgehead atoms. The quantitative estimate of drug-likeness (QED) is 0.494. The maximum absolute atomic E-state index is 4.51. The summed E-state index contributed by atoms with van der Waals surface area (Å²) in [6, 6.07) is 11.0. The van der Waals surface area contributed by atoms with E-state index in [0.29, 0.717) is 11.8 Å². The van der Waals surface area contributed by atoms with Gasteiger partial charge in [0.25, 0.3) is 0 Å². The summed E-state index contributed by atoms with van der Waals surface area (Å²) in [6.07, 6.45) is 3.57. The zero-order valence-corrected chi connectivity index (χ0v) is 15.8. The van der Waals surface area contributed by atoms with E-state index in [1.807, 2.05) is 7.05 Å². The van der Waals surface area contributed by atoms with Crippen LogP contribution in [-0.2, 0) is 0 Å². The highest BCUT2D eigenvalue weighted by atomic mass is 15.3. The number of aliphatic imine (C=N–C) groups is 1. The summed E-state index contributed by atoms with van der Waals surface area (Å²) >= 11 is 0. The van der Waals surface area contributed by atoms with Crippen LogP contribution in [0.1, 0.15) is 37.7 Å². The van der Waals surface area contributed by atoms with Crippen molar-refractivity contribution >= 4 is 5.96 Å². The van der Waals surface area contributed by atoms with Crippen molar-refractivity contribution in [1.29, 1.82) is 0 Å². The van der Waals surface area contributed by atoms with E-state index in [2.05, 4.69) is 71.5 Å². The lowest BCUT2D eigenvalue weighted by Gasteiger charge is -2.40. The number of rotatable bonds is 6. The van der Waals surface area contributed by atoms with Crippen LogP contribution in [0.4, 0.5) is 0 Å². The second-order valence-corrected chi connectivity index (χ2v) is 7.05. The van der Waals surface area contributed by atoms with E-state index in [1.165, 1.54) is 18.4 Å². The van der Waals surface area contributed by atoms with Crippen molar-refractivity contribution in [1.82, 2.24) is 15.1 Å². The third-order valence-electron chi connectivity index (χ3n) is 5.06. The van der Waals surface area contributed by atoms with E-state index in [9.17, 15) is 0 Å². The molecule has 0 radical (unpaired) electrons. The Morgan fingerprint density at radius 1 is 1.29 bits per heavy atom. The van der Waals surface area contributed by atoms with Crippen LogP contribution in [0.5, 0.6) is 0 Å². The molecule has 0 spiro atoms. The Kier molecular flexibility index (Phi) is 7.57. The third-order valence-corrected chi connectivity index (χ3v) is 5.06. The average molecular weight is 331 g/mol. The van der Waals surface area contributed by atoms with Crippen LogP contribution in [0.15, 0.2) is 35.3 Å². The van der Waals surface area contributed by atoms with Gasteiger partial charge in [-0.1, -0.05) is 43.7 Å². The fourth-order valence-electron chi connectivity index (χ4n) is 3.71. The molecule has 0 aromatic heterocycles. The Morgan fingerprint density at radius 3 is 2.67 bits per heavy atom. The summed E-state index contributed by atoms with van der Waals surface area (Å²) in [5.74, 6) is 2.44. The van der Waals surface area contributed by atoms with Crippen LogP contribution in [0.3, 0.4) is 0 Å². The minimum Gasteiger partial charge on any atom is -0.356 e. The van der Waals surface area contributed by atoms with Gasteiger partial charge < -0.3 is 15.1 Å². The topological polar surface area (TPSA) is 30.9 Å². The van der Waals surface area contributed by atoms with Gasteiger partial charge in [0.15, 0.2) is 5.96 Å². The van der Waals surface area contributed by atoms with E-state index in [0.717, 1.165) is 38.6 Å². The van der Waals surface area contributed by atoms with Gasteiger partial charge in [-0.25, -0.2) is 0 Å². The first kappa shape index (κ1) is 18.8. The second kappa shape index (κ2) is 9.67. The molecule has 2 rings (SSSR count). The summed E-state index contributed by atoms with van der Waals surface area (Å²) < 4.78 is 0. The van der Waals surface area contributed by atoms with Crippen molar-refractivity contribution in [3.8, 4) is 0 Å². The SMILES string of the molecule is CCC1CN(C(=NC)NCCCN(C)C)CCC1c1ccccc1. The molecule has 4 heteroatoms. The summed E-state index contributed by atoms with van der Waals surface area (Å²) in [5.41, 5.74) is 1.50. The van der Waals surface area contributed by atoms with Crippen LogP contribution in [-0.4, -0.2) is 63.1 Å². The molecule has 1 fully saturated rings. The molecule has 1 aromatic rings. The summed E-state index contributed by atoms with van der Waals surface area (Å²) in [5, 5.41) is 3.54. The number of guanidine groups is 1. The predicted molar refractivity (Wildman–Crippen MR) is 104 cm³/mol. The highest BCUT2D eigenvalue weighted by Crippen LogP contribution is 2.34. The second-order valence-electron chi connectivity index (χ2n) is 7.05. The normalized spacial score (nSPS) is 22.0. The third kappa shape index (κ3) is 5.23. The van der Waals surface area contributed by atoms with Crippen molar-refractivity contribution < 1.29 is 0 Å². The molecule has 0 saturated carbocycles. The average Bonchev–Trinajstić information content (AvgIpc) is 2.62. The number of nitrogens with one attached hydrogen (secondary N) is 1. The van der Waals surface area contributed by atoms with E-state index < -0.39 is 0 Å². The number of benzene rings is 1. The number of hydrogen-bond donors (Lipinski definition) is 1. The molecule has 0 aliphatic carbocycles. The highest BCUT2D eigenvalue weighted by Gasteiger charge is 2.30. The lowest BCUT2D eigenvalue weighted by Crippen LogP contribution is -2.48. The summed E-state index contributed by atoms with van der Waals surface area (Å²) in [4.78, 5) is 9.19. The molecule has 2 unspecified atom stereocenters. The van der Waals surface area contributed by atoms with Crippen molar-refractivity contribution in [2.24, 2.45) is 10.9 Å². The minimum atomic E-state index is 0.680. The van der Waals surface area contributed by atoms with Crippen LogP contribution in [0, 0.1) is 5.92 Å². The number of likely N-dealkylation sites (tertiary alicyclic amines) is 1. The van der Waals surface area contributed by atoms with Crippen LogP contribution in [0.2, 0.25) is 0 Å². The van der Waals surface area contributed by atoms with E-state index in [-0.39, 0.29) is 0 Å². The molecule has 2 atom stereocenters. The number of nitrogens with zero attached hydrogens (tertiary/aromatic N) is 3. The highest BCUT2D eigenvalue weighted by molar-refractivity contribution is 5.80. The first-order valence-electron chi connectivity index (χ1n) is 9.31. The molecule has 24 heavy (non-hydrogen) atoms. The predicted octanol–water partition coefficient (Wildman–Crippen LogP) is 3.03. The van der Waals surface area contributed by atoms with Gasteiger partial charge in [-0.3, -0.25) is 4.99 Å². The van der Waals surface area contributed by atoms with Gasteiger partial charge in [0, 0.05) is 26.7 Å². The molecule has 4 nitrogen and oxygen atoms in total. The van der Waals surface area contributed by atoms with Gasteiger partial charge in [0.05, 0.1) is 0 Å². The number of piperidine rings is 1. The van der Waals surface area contributed by atoms with Gasteiger partial charge in [-0.05, 0) is 50.9 Å². The van der Waals surface area contributed by atoms with E-state index in [1.54, 1.807) is 0 Å². The molecule has 1 aliphatic rings. The molecule has 0 amide bonds. The largest absolute Gasteiger partial charge is 0.356 e. The Balaban J connectivity index is 1.91. The Morgan fingerprint density at radius 2 is 2.04 bits per heavy atom. The van der Waals surface area contributed by atoms with Crippen LogP contribution in [0.25, 0.3) is 0 Å². The summed E-state index contributed by atoms with van der Waals surface area (Å²) in [6.45, 7) is 6.60. The molecule has 134 valence electrons. The summed E-state index contributed by atoms with van der Waals surface area (Å²) in [7, 11) is 6.14. The Bertz CT molecular complexity index is 498. The van der Waals surface area contributed by atoms with Gasteiger partial charge >= 0.3 is 0 Å². The maximum atomic E-state index is 4.51. The first-order valence-corrected chi connectivity index (χ1v) is 9.31. The lowest BCUT2D eigenvalue weighted by atomic mass is 9.79. The van der Waals surface area contributed by atoms with Crippen molar-refractivity contribution in [3.63, 3.8) is 0 Å². The molecule has 1 heterocycles. The lowest BCUT2D eigenvalue weighted by molar-refractivity contribution is 0.215.